The lowest BCUT2D eigenvalue weighted by Crippen LogP contribution is -2.39. The Balaban J connectivity index is 1.94. The fourth-order valence-corrected chi connectivity index (χ4v) is 2.84. The van der Waals surface area contributed by atoms with Crippen LogP contribution in [-0.2, 0) is 0 Å². The Morgan fingerprint density at radius 2 is 2.11 bits per heavy atom. The van der Waals surface area contributed by atoms with E-state index in [1.54, 1.807) is 7.11 Å². The Morgan fingerprint density at radius 3 is 2.74 bits per heavy atom. The molecular formula is C15H25N3O. The maximum absolute atomic E-state index is 6.41. The molecule has 0 saturated carbocycles. The third-order valence-corrected chi connectivity index (χ3v) is 4.06. The molecule has 4 nitrogen and oxygen atoms in total. The monoisotopic (exact) mass is 263 g/mol. The van der Waals surface area contributed by atoms with Crippen molar-refractivity contribution in [3.8, 4) is 5.75 Å². The lowest BCUT2D eigenvalue weighted by atomic mass is 9.86. The Bertz CT molecular complexity index is 389. The van der Waals surface area contributed by atoms with Crippen LogP contribution in [0.4, 0.5) is 0 Å². The minimum Gasteiger partial charge on any atom is -0.497 e. The summed E-state index contributed by atoms with van der Waals surface area (Å²) in [4.78, 5) is 2.43. The largest absolute Gasteiger partial charge is 0.497 e. The minimum absolute atomic E-state index is 0.107. The van der Waals surface area contributed by atoms with Crippen molar-refractivity contribution in [2.75, 3.05) is 33.3 Å². The maximum atomic E-state index is 6.41. The fourth-order valence-electron chi connectivity index (χ4n) is 2.84. The van der Waals surface area contributed by atoms with Crippen LogP contribution in [0.2, 0.25) is 0 Å². The summed E-state index contributed by atoms with van der Waals surface area (Å²) in [5.74, 6) is 1.44. The van der Waals surface area contributed by atoms with Crippen LogP contribution in [0.5, 0.6) is 5.75 Å². The topological polar surface area (TPSA) is 64.5 Å². The normalized spacial score (nSPS) is 19.3. The van der Waals surface area contributed by atoms with Crippen LogP contribution < -0.4 is 16.2 Å². The van der Waals surface area contributed by atoms with Crippen LogP contribution >= 0.6 is 0 Å². The second kappa shape index (κ2) is 6.89. The number of likely N-dealkylation sites (tertiary alicyclic amines) is 1. The number of ether oxygens (including phenoxy) is 1. The molecule has 0 aromatic heterocycles. The first kappa shape index (κ1) is 14.3. The molecule has 0 amide bonds. The molecule has 0 spiro atoms. The number of nitrogens with two attached hydrogens (primary N) is 2. The summed E-state index contributed by atoms with van der Waals surface area (Å²) in [6, 6.07) is 8.23. The molecule has 2 rings (SSSR count). The quantitative estimate of drug-likeness (QED) is 0.842. The molecule has 1 unspecified atom stereocenters. The number of methoxy groups -OCH3 is 1. The molecule has 1 heterocycles. The Morgan fingerprint density at radius 1 is 1.37 bits per heavy atom. The predicted molar refractivity (Wildman–Crippen MR) is 78.1 cm³/mol. The van der Waals surface area contributed by atoms with Gasteiger partial charge in [0.2, 0.25) is 0 Å². The van der Waals surface area contributed by atoms with Gasteiger partial charge in [-0.2, -0.15) is 0 Å². The van der Waals surface area contributed by atoms with Crippen molar-refractivity contribution in [1.29, 1.82) is 0 Å². The Kier molecular flexibility index (Phi) is 5.19. The molecular weight excluding hydrogens is 238 g/mol. The lowest BCUT2D eigenvalue weighted by Gasteiger charge is -2.34. The van der Waals surface area contributed by atoms with Gasteiger partial charge in [-0.05, 0) is 49.5 Å². The molecule has 1 atom stereocenters. The van der Waals surface area contributed by atoms with Gasteiger partial charge in [0.15, 0.2) is 0 Å². The average molecular weight is 263 g/mol. The summed E-state index contributed by atoms with van der Waals surface area (Å²) in [5.41, 5.74) is 13.2. The van der Waals surface area contributed by atoms with Crippen molar-refractivity contribution in [3.05, 3.63) is 29.8 Å². The number of piperidine rings is 1. The third kappa shape index (κ3) is 3.69. The van der Waals surface area contributed by atoms with Crippen molar-refractivity contribution in [2.24, 2.45) is 17.4 Å². The van der Waals surface area contributed by atoms with Gasteiger partial charge in [0.25, 0.3) is 0 Å². The molecule has 4 N–H and O–H groups in total. The van der Waals surface area contributed by atoms with Gasteiger partial charge >= 0.3 is 0 Å². The van der Waals surface area contributed by atoms with Gasteiger partial charge in [-0.15, -0.1) is 0 Å². The number of benzene rings is 1. The molecule has 4 heteroatoms. The number of hydrogen-bond donors (Lipinski definition) is 2. The summed E-state index contributed by atoms with van der Waals surface area (Å²) in [6.45, 7) is 3.97. The second-order valence-corrected chi connectivity index (χ2v) is 5.27. The lowest BCUT2D eigenvalue weighted by molar-refractivity contribution is 0.173. The first-order chi connectivity index (χ1) is 9.24. The molecule has 1 aliphatic rings. The van der Waals surface area contributed by atoms with Crippen molar-refractivity contribution in [2.45, 2.75) is 18.9 Å². The maximum Gasteiger partial charge on any atom is 0.119 e. The summed E-state index contributed by atoms with van der Waals surface area (Å²) < 4.78 is 5.26. The number of rotatable bonds is 5. The fraction of sp³-hybridized carbons (Fsp3) is 0.600. The van der Waals surface area contributed by atoms with Crippen LogP contribution in [0.1, 0.15) is 24.4 Å². The summed E-state index contributed by atoms with van der Waals surface area (Å²) in [7, 11) is 1.69. The van der Waals surface area contributed by atoms with Crippen LogP contribution in [0.25, 0.3) is 0 Å². The zero-order valence-electron chi connectivity index (χ0n) is 11.7. The first-order valence-electron chi connectivity index (χ1n) is 7.06. The van der Waals surface area contributed by atoms with Gasteiger partial charge in [-0.1, -0.05) is 12.1 Å². The molecule has 19 heavy (non-hydrogen) atoms. The minimum atomic E-state index is 0.107. The summed E-state index contributed by atoms with van der Waals surface area (Å²) in [5, 5.41) is 0. The molecule has 0 aliphatic carbocycles. The van der Waals surface area contributed by atoms with Crippen LogP contribution in [0.3, 0.4) is 0 Å². The van der Waals surface area contributed by atoms with Crippen LogP contribution in [0, 0.1) is 5.92 Å². The van der Waals surface area contributed by atoms with E-state index in [0.29, 0.717) is 5.92 Å². The van der Waals surface area contributed by atoms with Crippen LogP contribution in [-0.4, -0.2) is 38.2 Å². The van der Waals surface area contributed by atoms with E-state index in [0.717, 1.165) is 44.8 Å². The Labute approximate surface area is 115 Å². The molecule has 1 fully saturated rings. The number of hydrogen-bond acceptors (Lipinski definition) is 4. The zero-order valence-corrected chi connectivity index (χ0v) is 11.7. The van der Waals surface area contributed by atoms with Gasteiger partial charge in [-0.25, -0.2) is 0 Å². The molecule has 0 radical (unpaired) electrons. The van der Waals surface area contributed by atoms with Crippen molar-refractivity contribution < 1.29 is 4.74 Å². The van der Waals surface area contributed by atoms with E-state index in [-0.39, 0.29) is 6.04 Å². The molecule has 1 aromatic rings. The van der Waals surface area contributed by atoms with Gasteiger partial charge in [-0.3, -0.25) is 0 Å². The highest BCUT2D eigenvalue weighted by atomic mass is 16.5. The highest BCUT2D eigenvalue weighted by molar-refractivity contribution is 5.30. The summed E-state index contributed by atoms with van der Waals surface area (Å²) >= 11 is 0. The van der Waals surface area contributed by atoms with E-state index in [4.69, 9.17) is 16.2 Å². The Hall–Kier alpha value is -1.10. The van der Waals surface area contributed by atoms with E-state index >= 15 is 0 Å². The van der Waals surface area contributed by atoms with E-state index in [2.05, 4.69) is 17.0 Å². The summed E-state index contributed by atoms with van der Waals surface area (Å²) in [6.07, 6.45) is 2.30. The highest BCUT2D eigenvalue weighted by Gasteiger charge is 2.25. The second-order valence-electron chi connectivity index (χ2n) is 5.27. The third-order valence-electron chi connectivity index (χ3n) is 4.06. The van der Waals surface area contributed by atoms with Crippen molar-refractivity contribution in [1.82, 2.24) is 4.90 Å². The van der Waals surface area contributed by atoms with E-state index < -0.39 is 0 Å². The standard InChI is InChI=1S/C15H25N3O/c1-19-14-4-2-3-13(11-14)15(17)12-5-8-18(9-6-12)10-7-16/h2-4,11-12,15H,5-10,16-17H2,1H3. The molecule has 1 saturated heterocycles. The van der Waals surface area contributed by atoms with Crippen molar-refractivity contribution in [3.63, 3.8) is 0 Å². The predicted octanol–water partition coefficient (Wildman–Crippen LogP) is 1.37. The van der Waals surface area contributed by atoms with E-state index in [1.165, 1.54) is 5.56 Å². The highest BCUT2D eigenvalue weighted by Crippen LogP contribution is 2.30. The van der Waals surface area contributed by atoms with E-state index in [9.17, 15) is 0 Å². The van der Waals surface area contributed by atoms with Gasteiger partial charge in [0.1, 0.15) is 5.75 Å². The molecule has 0 bridgehead atoms. The molecule has 1 aliphatic heterocycles. The first-order valence-corrected chi connectivity index (χ1v) is 7.06. The zero-order chi connectivity index (χ0) is 13.7. The van der Waals surface area contributed by atoms with Crippen molar-refractivity contribution >= 4 is 0 Å². The SMILES string of the molecule is COc1cccc(C(N)C2CCN(CCN)CC2)c1. The van der Waals surface area contributed by atoms with E-state index in [1.807, 2.05) is 12.1 Å². The van der Waals surface area contributed by atoms with Gasteiger partial charge < -0.3 is 21.1 Å². The van der Waals surface area contributed by atoms with Crippen LogP contribution in [0.15, 0.2) is 24.3 Å². The molecule has 1 aromatic carbocycles. The molecule has 106 valence electrons. The van der Waals surface area contributed by atoms with Gasteiger partial charge in [0, 0.05) is 19.1 Å². The van der Waals surface area contributed by atoms with Gasteiger partial charge in [0.05, 0.1) is 7.11 Å². The smallest absolute Gasteiger partial charge is 0.119 e. The number of nitrogens with zero attached hydrogens (tertiary/aromatic N) is 1. The average Bonchev–Trinajstić information content (AvgIpc) is 2.48.